The van der Waals surface area contributed by atoms with Crippen LogP contribution < -0.4 is 11.2 Å². The Labute approximate surface area is 360 Å². The van der Waals surface area contributed by atoms with E-state index < -0.39 is 59.1 Å². The van der Waals surface area contributed by atoms with Gasteiger partial charge in [-0.1, -0.05) is 134 Å². The highest BCUT2D eigenvalue weighted by atomic mass is 28.5. The van der Waals surface area contributed by atoms with E-state index in [0.717, 1.165) is 32.4 Å². The molecule has 4 atom stereocenters. The van der Waals surface area contributed by atoms with Gasteiger partial charge in [0.05, 0.1) is 19.8 Å². The van der Waals surface area contributed by atoms with Gasteiger partial charge in [-0.3, -0.25) is 9.36 Å². The van der Waals surface area contributed by atoms with Gasteiger partial charge in [-0.05, 0) is 50.0 Å². The zero-order valence-corrected chi connectivity index (χ0v) is 38.5. The first-order valence-electron chi connectivity index (χ1n) is 21.5. The average molecular weight is 873 g/mol. The van der Waals surface area contributed by atoms with Crippen molar-refractivity contribution in [1.82, 2.24) is 9.13 Å². The summed E-state index contributed by atoms with van der Waals surface area (Å²) in [5, 5.41) is 0. The van der Waals surface area contributed by atoms with Gasteiger partial charge in [0.15, 0.2) is 6.23 Å². The fraction of sp³-hybridized carbons (Fsp3) is 0.500. The van der Waals surface area contributed by atoms with Crippen LogP contribution in [-0.2, 0) is 50.0 Å². The largest absolute Gasteiger partial charge is 0.508 e. The molecule has 0 unspecified atom stereocenters. The molecule has 328 valence electrons. The highest BCUT2D eigenvalue weighted by molar-refractivity contribution is 6.84. The monoisotopic (exact) mass is 872 g/mol. The van der Waals surface area contributed by atoms with Crippen molar-refractivity contribution >= 4 is 23.3 Å². The maximum Gasteiger partial charge on any atom is 0.508 e. The molecule has 0 N–H and O–H groups in total. The Morgan fingerprint density at radius 1 is 0.754 bits per heavy atom. The molecule has 3 heterocycles. The van der Waals surface area contributed by atoms with Crippen molar-refractivity contribution in [1.29, 1.82) is 0 Å². The SMILES string of the molecule is CC(C)[Si]1(C(C)C)OC[C@H]2O[C@@H](n3ccc(=O)n(COCc4ccccc4)c3=O)[C@H](OCCOC(=O)OCC3c4ccccc4-c4ccccc43)[C@@H]2O[Si](C(C)C)(C(C)C)O1. The third kappa shape index (κ3) is 9.02. The molecule has 0 amide bonds. The summed E-state index contributed by atoms with van der Waals surface area (Å²) < 4.78 is 54.6. The number of ether oxygens (including phenoxy) is 5. The van der Waals surface area contributed by atoms with Crippen LogP contribution in [-0.4, -0.2) is 77.2 Å². The van der Waals surface area contributed by atoms with Gasteiger partial charge in [-0.25, -0.2) is 14.2 Å². The second-order valence-electron chi connectivity index (χ2n) is 17.3. The zero-order valence-electron chi connectivity index (χ0n) is 36.5. The maximum atomic E-state index is 14.2. The van der Waals surface area contributed by atoms with Crippen molar-refractivity contribution in [3.63, 3.8) is 0 Å². The van der Waals surface area contributed by atoms with Gasteiger partial charge >= 0.3 is 29.0 Å². The van der Waals surface area contributed by atoms with Gasteiger partial charge in [-0.2, -0.15) is 0 Å². The first-order chi connectivity index (χ1) is 29.3. The molecule has 2 fully saturated rings. The molecular weight excluding hydrogens is 813 g/mol. The number of benzene rings is 3. The quantitative estimate of drug-likeness (QED) is 0.0648. The highest BCUT2D eigenvalue weighted by Gasteiger charge is 2.62. The summed E-state index contributed by atoms with van der Waals surface area (Å²) >= 11 is 0. The van der Waals surface area contributed by atoms with E-state index in [4.69, 9.17) is 36.7 Å². The van der Waals surface area contributed by atoms with E-state index in [1.54, 1.807) is 0 Å². The molecule has 13 nitrogen and oxygen atoms in total. The van der Waals surface area contributed by atoms with Crippen LogP contribution in [0.4, 0.5) is 4.79 Å². The Morgan fingerprint density at radius 2 is 1.36 bits per heavy atom. The smallest absolute Gasteiger partial charge is 0.433 e. The van der Waals surface area contributed by atoms with E-state index in [1.807, 2.05) is 54.6 Å². The third-order valence-electron chi connectivity index (χ3n) is 12.3. The molecule has 0 bridgehead atoms. The topological polar surface area (TPSA) is 135 Å². The predicted octanol–water partition coefficient (Wildman–Crippen LogP) is 8.39. The second-order valence-corrected chi connectivity index (χ2v) is 26.2. The number of carbonyl (C=O) groups excluding carboxylic acids is 1. The lowest BCUT2D eigenvalue weighted by atomic mass is 9.98. The number of hydrogen-bond donors (Lipinski definition) is 0. The minimum absolute atomic E-state index is 0.0159. The summed E-state index contributed by atoms with van der Waals surface area (Å²) in [6, 6.07) is 27.1. The van der Waals surface area contributed by atoms with E-state index in [-0.39, 0.29) is 67.8 Å². The lowest BCUT2D eigenvalue weighted by Gasteiger charge is -2.51. The Hall–Kier alpha value is -4.20. The van der Waals surface area contributed by atoms with Gasteiger partial charge in [-0.15, -0.1) is 0 Å². The molecule has 3 aromatic carbocycles. The van der Waals surface area contributed by atoms with Crippen molar-refractivity contribution in [3.8, 4) is 11.1 Å². The maximum absolute atomic E-state index is 14.2. The molecule has 2 saturated heterocycles. The zero-order chi connectivity index (χ0) is 43.5. The van der Waals surface area contributed by atoms with Crippen LogP contribution in [0.5, 0.6) is 0 Å². The summed E-state index contributed by atoms with van der Waals surface area (Å²) in [4.78, 5) is 40.4. The van der Waals surface area contributed by atoms with E-state index in [1.165, 1.54) is 16.8 Å². The van der Waals surface area contributed by atoms with Crippen molar-refractivity contribution in [3.05, 3.63) is 129 Å². The van der Waals surface area contributed by atoms with Crippen molar-refractivity contribution in [2.24, 2.45) is 0 Å². The number of aromatic nitrogens is 2. The van der Waals surface area contributed by atoms with Crippen LogP contribution in [0.2, 0.25) is 22.2 Å². The summed E-state index contributed by atoms with van der Waals surface area (Å²) in [7, 11) is -6.07. The molecular formula is C46H60N2O11Si2. The predicted molar refractivity (Wildman–Crippen MR) is 235 cm³/mol. The first-order valence-corrected chi connectivity index (χ1v) is 25.4. The standard InChI is InChI=1S/C46H60N2O11Si2/c1-30(2)60(31(3)4)56-28-40-42(58-61(59-60,32(5)6)33(7)8)43(44(57-40)47-23-22-41(49)48(45(47)50)29-52-26-34-16-10-9-11-17-34)53-24-25-54-46(51)55-27-39-37-20-14-12-18-35(37)36-19-13-15-21-38(36)39/h9-23,30-33,39-40,42-44H,24-29H2,1-8H3/t40-,42-,43-,44-/m1/s1. The summed E-state index contributed by atoms with van der Waals surface area (Å²) in [5.41, 5.74) is 4.46. The fourth-order valence-electron chi connectivity index (χ4n) is 9.14. The van der Waals surface area contributed by atoms with Crippen LogP contribution in [0.3, 0.4) is 0 Å². The molecule has 2 aliphatic heterocycles. The second kappa shape index (κ2) is 19.0. The number of rotatable bonds is 15. The van der Waals surface area contributed by atoms with Crippen molar-refractivity contribution < 1.29 is 41.4 Å². The van der Waals surface area contributed by atoms with Gasteiger partial charge < -0.3 is 36.7 Å². The van der Waals surface area contributed by atoms with Crippen LogP contribution in [0.25, 0.3) is 11.1 Å². The Morgan fingerprint density at radius 3 is 1.98 bits per heavy atom. The summed E-state index contributed by atoms with van der Waals surface area (Å²) in [6.45, 7) is 17.1. The van der Waals surface area contributed by atoms with E-state index in [0.29, 0.717) is 0 Å². The van der Waals surface area contributed by atoms with Crippen molar-refractivity contribution in [2.45, 2.75) is 121 Å². The van der Waals surface area contributed by atoms with Crippen LogP contribution in [0.15, 0.2) is 101 Å². The Kier molecular flexibility index (Phi) is 14.0. The molecule has 4 aromatic rings. The Bertz CT molecular complexity index is 2180. The number of carbonyl (C=O) groups is 1. The third-order valence-corrected chi connectivity index (χ3v) is 22.5. The van der Waals surface area contributed by atoms with Crippen molar-refractivity contribution in [2.75, 3.05) is 26.4 Å². The average Bonchev–Trinajstić information content (AvgIpc) is 3.73. The fourth-order valence-corrected chi connectivity index (χ4v) is 20.3. The van der Waals surface area contributed by atoms with Gasteiger partial charge in [0.25, 0.3) is 5.56 Å². The van der Waals surface area contributed by atoms with Crippen LogP contribution >= 0.6 is 0 Å². The number of fused-ring (bicyclic) bond motifs is 4. The molecule has 3 aliphatic rings. The van der Waals surface area contributed by atoms with Gasteiger partial charge in [0.2, 0.25) is 0 Å². The normalized spacial score (nSPS) is 21.9. The first kappa shape index (κ1) is 44.8. The van der Waals surface area contributed by atoms with E-state index >= 15 is 0 Å². The molecule has 1 aromatic heterocycles. The molecule has 0 radical (unpaired) electrons. The molecule has 61 heavy (non-hydrogen) atoms. The van der Waals surface area contributed by atoms with E-state index in [9.17, 15) is 14.4 Å². The minimum Gasteiger partial charge on any atom is -0.433 e. The van der Waals surface area contributed by atoms with E-state index in [2.05, 4.69) is 79.7 Å². The Balaban J connectivity index is 1.13. The highest BCUT2D eigenvalue weighted by Crippen LogP contribution is 2.49. The number of hydrogen-bond acceptors (Lipinski definition) is 11. The molecule has 0 spiro atoms. The van der Waals surface area contributed by atoms with Crippen LogP contribution in [0.1, 0.15) is 84.2 Å². The lowest BCUT2D eigenvalue weighted by molar-refractivity contribution is -0.0823. The van der Waals surface area contributed by atoms with Crippen LogP contribution in [0, 0.1) is 0 Å². The van der Waals surface area contributed by atoms with Gasteiger partial charge in [0.1, 0.15) is 38.3 Å². The van der Waals surface area contributed by atoms with Gasteiger partial charge in [0, 0.05) is 18.2 Å². The molecule has 0 saturated carbocycles. The lowest BCUT2D eigenvalue weighted by Crippen LogP contribution is -2.66. The number of nitrogens with zero attached hydrogens (tertiary/aromatic N) is 2. The molecule has 1 aliphatic carbocycles. The minimum atomic E-state index is -3.15. The molecule has 7 rings (SSSR count). The summed E-state index contributed by atoms with van der Waals surface area (Å²) in [5.74, 6) is -0.115. The molecule has 15 heteroatoms. The summed E-state index contributed by atoms with van der Waals surface area (Å²) in [6.07, 6.45) is -2.73.